The van der Waals surface area contributed by atoms with E-state index in [1.54, 1.807) is 0 Å². The van der Waals surface area contributed by atoms with Crippen LogP contribution in [0.4, 0.5) is 0 Å². The summed E-state index contributed by atoms with van der Waals surface area (Å²) in [7, 11) is 0. The van der Waals surface area contributed by atoms with Crippen LogP contribution in [0.3, 0.4) is 0 Å². The predicted molar refractivity (Wildman–Crippen MR) is 87.5 cm³/mol. The molecule has 0 unspecified atom stereocenters. The minimum absolute atomic E-state index is 0.432. The van der Waals surface area contributed by atoms with Crippen molar-refractivity contribution in [1.29, 1.82) is 0 Å². The van der Waals surface area contributed by atoms with Gasteiger partial charge in [-0.1, -0.05) is 29.5 Å². The van der Waals surface area contributed by atoms with Crippen LogP contribution >= 0.6 is 23.5 Å². The molecule has 1 aromatic rings. The second-order valence-corrected chi connectivity index (χ2v) is 8.35. The predicted octanol–water partition coefficient (Wildman–Crippen LogP) is 2.66. The Hall–Kier alpha value is -0.160. The van der Waals surface area contributed by atoms with Crippen LogP contribution in [0.15, 0.2) is 29.2 Å². The van der Waals surface area contributed by atoms with Crippen molar-refractivity contribution >= 4 is 23.5 Å². The summed E-state index contributed by atoms with van der Waals surface area (Å²) >= 11 is 4.12. The molecule has 2 saturated heterocycles. The SMILES string of the molecule is Cc1ccc(S[C@H]2CCCO[C@@H]2C[C@H]2[NH2+]CCS2)cc1. The molecule has 3 rings (SSSR count). The Bertz CT molecular complexity index is 417. The molecule has 20 heavy (non-hydrogen) atoms. The van der Waals surface area contributed by atoms with E-state index in [-0.39, 0.29) is 0 Å². The van der Waals surface area contributed by atoms with Crippen LogP contribution in [0.5, 0.6) is 0 Å². The van der Waals surface area contributed by atoms with Gasteiger partial charge in [-0.2, -0.15) is 0 Å². The van der Waals surface area contributed by atoms with Crippen LogP contribution in [0.1, 0.15) is 24.8 Å². The lowest BCUT2D eigenvalue weighted by atomic mass is 10.1. The van der Waals surface area contributed by atoms with E-state index in [1.807, 2.05) is 11.8 Å². The monoisotopic (exact) mass is 310 g/mol. The molecule has 0 radical (unpaired) electrons. The zero-order valence-electron chi connectivity index (χ0n) is 12.1. The lowest BCUT2D eigenvalue weighted by Crippen LogP contribution is -2.86. The molecule has 2 N–H and O–H groups in total. The number of hydrogen-bond acceptors (Lipinski definition) is 3. The summed E-state index contributed by atoms with van der Waals surface area (Å²) in [4.78, 5) is 1.39. The molecule has 0 amide bonds. The summed E-state index contributed by atoms with van der Waals surface area (Å²) in [6, 6.07) is 8.92. The maximum atomic E-state index is 6.09. The van der Waals surface area contributed by atoms with E-state index >= 15 is 0 Å². The van der Waals surface area contributed by atoms with E-state index in [1.165, 1.54) is 42.0 Å². The summed E-state index contributed by atoms with van der Waals surface area (Å²) in [5.74, 6) is 1.30. The third kappa shape index (κ3) is 3.94. The van der Waals surface area contributed by atoms with Gasteiger partial charge in [-0.05, 0) is 31.9 Å². The van der Waals surface area contributed by atoms with Gasteiger partial charge in [0.05, 0.1) is 12.6 Å². The summed E-state index contributed by atoms with van der Waals surface area (Å²) in [5, 5.41) is 3.83. The standard InChI is InChI=1S/C16H23NOS2/c1-12-4-6-13(7-5-12)20-15-3-2-9-18-14(15)11-16-17-8-10-19-16/h4-7,14-17H,2-3,8-11H2,1H3/p+1/t14-,15+,16+/m1/s1. The Morgan fingerprint density at radius 1 is 1.35 bits per heavy atom. The van der Waals surface area contributed by atoms with Crippen LogP contribution in [-0.2, 0) is 4.74 Å². The summed E-state index contributed by atoms with van der Waals surface area (Å²) in [5.41, 5.74) is 1.34. The summed E-state index contributed by atoms with van der Waals surface area (Å²) in [6.45, 7) is 4.37. The van der Waals surface area contributed by atoms with Crippen molar-refractivity contribution in [1.82, 2.24) is 0 Å². The van der Waals surface area contributed by atoms with Gasteiger partial charge in [0.15, 0.2) is 0 Å². The molecule has 2 heterocycles. The summed E-state index contributed by atoms with van der Waals surface area (Å²) < 4.78 is 6.09. The number of nitrogens with two attached hydrogens (primary N) is 1. The Morgan fingerprint density at radius 2 is 2.20 bits per heavy atom. The van der Waals surface area contributed by atoms with Crippen LogP contribution in [0, 0.1) is 6.92 Å². The second kappa shape index (κ2) is 7.21. The zero-order chi connectivity index (χ0) is 13.8. The number of rotatable bonds is 4. The Morgan fingerprint density at radius 3 is 2.95 bits per heavy atom. The average Bonchev–Trinajstić information content (AvgIpc) is 2.96. The van der Waals surface area contributed by atoms with Crippen molar-refractivity contribution in [3.63, 3.8) is 0 Å². The van der Waals surface area contributed by atoms with E-state index in [9.17, 15) is 0 Å². The van der Waals surface area contributed by atoms with E-state index in [2.05, 4.69) is 48.3 Å². The van der Waals surface area contributed by atoms with Gasteiger partial charge in [-0.25, -0.2) is 0 Å². The van der Waals surface area contributed by atoms with Gasteiger partial charge in [0.2, 0.25) is 0 Å². The number of quaternary nitrogens is 1. The highest BCUT2D eigenvalue weighted by atomic mass is 32.2. The van der Waals surface area contributed by atoms with Gasteiger partial charge in [0.25, 0.3) is 0 Å². The van der Waals surface area contributed by atoms with Gasteiger partial charge >= 0.3 is 0 Å². The number of thioether (sulfide) groups is 2. The molecule has 2 fully saturated rings. The first-order chi connectivity index (χ1) is 9.81. The zero-order valence-corrected chi connectivity index (χ0v) is 13.7. The minimum Gasteiger partial charge on any atom is -0.377 e. The molecule has 0 saturated carbocycles. The third-order valence-electron chi connectivity index (χ3n) is 4.03. The van der Waals surface area contributed by atoms with E-state index in [0.717, 1.165) is 12.0 Å². The largest absolute Gasteiger partial charge is 0.377 e. The Balaban J connectivity index is 1.60. The number of ether oxygens (including phenoxy) is 1. The molecule has 0 aromatic heterocycles. The van der Waals surface area contributed by atoms with Gasteiger partial charge in [-0.15, -0.1) is 11.8 Å². The van der Waals surface area contributed by atoms with Crippen molar-refractivity contribution in [2.75, 3.05) is 18.9 Å². The van der Waals surface area contributed by atoms with Crippen LogP contribution in [0.25, 0.3) is 0 Å². The number of aryl methyl sites for hydroxylation is 1. The smallest absolute Gasteiger partial charge is 0.135 e. The Kier molecular flexibility index (Phi) is 5.32. The van der Waals surface area contributed by atoms with Crippen molar-refractivity contribution in [3.05, 3.63) is 29.8 Å². The summed E-state index contributed by atoms with van der Waals surface area (Å²) in [6.07, 6.45) is 4.14. The third-order valence-corrected chi connectivity index (χ3v) is 6.70. The lowest BCUT2D eigenvalue weighted by Gasteiger charge is -2.32. The maximum absolute atomic E-state index is 6.09. The van der Waals surface area contributed by atoms with E-state index < -0.39 is 0 Å². The lowest BCUT2D eigenvalue weighted by molar-refractivity contribution is -0.658. The number of benzene rings is 1. The maximum Gasteiger partial charge on any atom is 0.135 e. The minimum atomic E-state index is 0.432. The molecule has 4 heteroatoms. The molecule has 0 aliphatic carbocycles. The first-order valence-electron chi connectivity index (χ1n) is 7.61. The topological polar surface area (TPSA) is 25.8 Å². The van der Waals surface area contributed by atoms with Crippen molar-refractivity contribution in [3.8, 4) is 0 Å². The van der Waals surface area contributed by atoms with E-state index in [0.29, 0.717) is 11.4 Å². The van der Waals surface area contributed by atoms with Gasteiger partial charge in [0, 0.05) is 28.9 Å². The normalized spacial score (nSPS) is 30.6. The highest BCUT2D eigenvalue weighted by molar-refractivity contribution is 8.00. The van der Waals surface area contributed by atoms with E-state index in [4.69, 9.17) is 4.74 Å². The quantitative estimate of drug-likeness (QED) is 0.926. The fraction of sp³-hybridized carbons (Fsp3) is 0.625. The molecule has 2 nitrogen and oxygen atoms in total. The molecule has 2 aliphatic heterocycles. The Labute approximate surface area is 130 Å². The van der Waals surface area contributed by atoms with Crippen molar-refractivity contribution in [2.24, 2.45) is 0 Å². The fourth-order valence-corrected chi connectivity index (χ4v) is 5.33. The van der Waals surface area contributed by atoms with Gasteiger partial charge < -0.3 is 10.1 Å². The van der Waals surface area contributed by atoms with Gasteiger partial charge in [-0.3, -0.25) is 0 Å². The average molecular weight is 311 g/mol. The molecule has 2 aliphatic rings. The number of hydrogen-bond donors (Lipinski definition) is 1. The first-order valence-corrected chi connectivity index (χ1v) is 9.54. The first kappa shape index (κ1) is 14.8. The molecule has 0 bridgehead atoms. The molecule has 0 spiro atoms. The molecule has 110 valence electrons. The highest BCUT2D eigenvalue weighted by Crippen LogP contribution is 2.34. The van der Waals surface area contributed by atoms with Crippen LogP contribution < -0.4 is 5.32 Å². The molecular weight excluding hydrogens is 286 g/mol. The highest BCUT2D eigenvalue weighted by Gasteiger charge is 2.32. The van der Waals surface area contributed by atoms with Crippen molar-refractivity contribution in [2.45, 2.75) is 47.8 Å². The van der Waals surface area contributed by atoms with Crippen molar-refractivity contribution < 1.29 is 10.1 Å². The molecular formula is C16H24NOS2+. The molecule has 1 aromatic carbocycles. The second-order valence-electron chi connectivity index (χ2n) is 5.69. The molecule has 3 atom stereocenters. The van der Waals surface area contributed by atoms with Crippen LogP contribution in [0.2, 0.25) is 0 Å². The van der Waals surface area contributed by atoms with Gasteiger partial charge in [0.1, 0.15) is 5.37 Å². The van der Waals surface area contributed by atoms with Crippen LogP contribution in [-0.4, -0.2) is 35.6 Å². The fourth-order valence-electron chi connectivity index (χ4n) is 2.89.